The van der Waals surface area contributed by atoms with Crippen molar-refractivity contribution in [3.05, 3.63) is 17.5 Å². The Morgan fingerprint density at radius 2 is 1.95 bits per heavy atom. The smallest absolute Gasteiger partial charge is 0.393 e. The first-order valence-electron chi connectivity index (χ1n) is 6.99. The minimum atomic E-state index is -4.54. The topological polar surface area (TPSA) is 69.2 Å². The molecule has 116 valence electrons. The summed E-state index contributed by atoms with van der Waals surface area (Å²) in [6.07, 6.45) is -1.49. The van der Waals surface area contributed by atoms with E-state index in [1.165, 1.54) is 0 Å². The molecule has 0 spiro atoms. The fourth-order valence-corrected chi connectivity index (χ4v) is 3.39. The number of carbonyl (C=O) groups excluding carboxylic acids is 1. The zero-order valence-electron chi connectivity index (χ0n) is 11.2. The quantitative estimate of drug-likeness (QED) is 0.833. The number of nitrogens with one attached hydrogen (secondary N) is 1. The van der Waals surface area contributed by atoms with Crippen molar-refractivity contribution >= 4 is 5.91 Å². The normalized spacial score (nSPS) is 29.5. The van der Waals surface area contributed by atoms with Gasteiger partial charge in [-0.15, -0.1) is 0 Å². The van der Waals surface area contributed by atoms with Crippen LogP contribution in [0.2, 0.25) is 0 Å². The van der Waals surface area contributed by atoms with Gasteiger partial charge in [0.25, 0.3) is 5.91 Å². The van der Waals surface area contributed by atoms with Crippen molar-refractivity contribution in [3.8, 4) is 0 Å². The molecule has 1 unspecified atom stereocenters. The molecule has 0 aromatic carbocycles. The lowest BCUT2D eigenvalue weighted by Gasteiger charge is -2.47. The molecule has 1 amide bonds. The highest BCUT2D eigenvalue weighted by atomic mass is 19.4. The number of nitrogens with zero attached hydrogens (tertiary/aromatic N) is 2. The van der Waals surface area contributed by atoms with Gasteiger partial charge in [0.05, 0.1) is 6.10 Å². The predicted octanol–water partition coefficient (Wildman–Crippen LogP) is 1.95. The number of halogens is 3. The third kappa shape index (κ3) is 2.64. The number of hydrogen-bond acceptors (Lipinski definition) is 3. The van der Waals surface area contributed by atoms with Gasteiger partial charge in [0.15, 0.2) is 5.69 Å². The summed E-state index contributed by atoms with van der Waals surface area (Å²) < 4.78 is 37.7. The molecule has 3 rings (SSSR count). The summed E-state index contributed by atoms with van der Waals surface area (Å²) in [6, 6.07) is 0.542. The van der Waals surface area contributed by atoms with Gasteiger partial charge in [0.2, 0.25) is 0 Å². The lowest BCUT2D eigenvalue weighted by Crippen LogP contribution is -2.55. The Hall–Kier alpha value is -1.57. The number of carbonyl (C=O) groups is 1. The van der Waals surface area contributed by atoms with Crippen LogP contribution in [0.5, 0.6) is 0 Å². The number of hydrogen-bond donors (Lipinski definition) is 2. The zero-order chi connectivity index (χ0) is 15.2. The Kier molecular flexibility index (Phi) is 3.43. The molecule has 2 aliphatic rings. The minimum absolute atomic E-state index is 0.106. The Morgan fingerprint density at radius 1 is 1.33 bits per heavy atom. The van der Waals surface area contributed by atoms with Gasteiger partial charge < -0.3 is 10.0 Å². The van der Waals surface area contributed by atoms with Crippen LogP contribution in [0.25, 0.3) is 0 Å². The van der Waals surface area contributed by atoms with Gasteiger partial charge in [-0.1, -0.05) is 0 Å². The number of piperidine rings is 2. The van der Waals surface area contributed by atoms with Crippen LogP contribution in [0.15, 0.2) is 6.07 Å². The molecular formula is C13H16F3N3O2. The summed E-state index contributed by atoms with van der Waals surface area (Å²) >= 11 is 0. The van der Waals surface area contributed by atoms with Gasteiger partial charge in [-0.2, -0.15) is 18.3 Å². The Bertz CT molecular complexity index is 529. The molecule has 8 heteroatoms. The number of alkyl halides is 3. The summed E-state index contributed by atoms with van der Waals surface area (Å²) in [4.78, 5) is 14.1. The van der Waals surface area contributed by atoms with Gasteiger partial charge in [-0.25, -0.2) is 0 Å². The van der Waals surface area contributed by atoms with Crippen LogP contribution in [0.4, 0.5) is 13.2 Å². The molecule has 3 atom stereocenters. The van der Waals surface area contributed by atoms with Crippen LogP contribution >= 0.6 is 0 Å². The van der Waals surface area contributed by atoms with Gasteiger partial charge in [-0.3, -0.25) is 9.89 Å². The molecule has 1 aromatic heterocycles. The molecule has 0 saturated carbocycles. The second-order valence-electron chi connectivity index (χ2n) is 5.74. The van der Waals surface area contributed by atoms with Crippen molar-refractivity contribution in [1.29, 1.82) is 0 Å². The summed E-state index contributed by atoms with van der Waals surface area (Å²) in [5.74, 6) is -0.483. The molecule has 2 saturated heterocycles. The van der Waals surface area contributed by atoms with E-state index in [0.717, 1.165) is 25.3 Å². The summed E-state index contributed by atoms with van der Waals surface area (Å²) in [6.45, 7) is 0. The molecule has 3 heterocycles. The lowest BCUT2D eigenvalue weighted by molar-refractivity contribution is -0.141. The molecule has 5 nitrogen and oxygen atoms in total. The second kappa shape index (κ2) is 5.01. The molecule has 0 aliphatic carbocycles. The summed E-state index contributed by atoms with van der Waals surface area (Å²) in [5.41, 5.74) is -1.23. The standard InChI is InChI=1S/C13H16F3N3O2/c14-13(15,16)11-6-10(17-18-11)12(21)19-7-2-1-3-8(19)5-9(20)4-7/h6-9,20H,1-5H2,(H,17,18)/t7-,8+,9?. The van der Waals surface area contributed by atoms with Crippen molar-refractivity contribution in [1.82, 2.24) is 15.1 Å². The van der Waals surface area contributed by atoms with E-state index in [1.807, 2.05) is 5.10 Å². The number of amides is 1. The van der Waals surface area contributed by atoms with Crippen LogP contribution in [-0.2, 0) is 6.18 Å². The maximum absolute atomic E-state index is 12.6. The summed E-state index contributed by atoms with van der Waals surface area (Å²) in [5, 5.41) is 15.2. The highest BCUT2D eigenvalue weighted by molar-refractivity contribution is 5.93. The number of rotatable bonds is 1. The molecule has 2 fully saturated rings. The van der Waals surface area contributed by atoms with E-state index in [0.29, 0.717) is 12.8 Å². The average molecular weight is 303 g/mol. The van der Waals surface area contributed by atoms with Crippen molar-refractivity contribution in [2.24, 2.45) is 0 Å². The molecule has 2 aliphatic heterocycles. The van der Waals surface area contributed by atoms with Crippen molar-refractivity contribution in [2.75, 3.05) is 0 Å². The maximum atomic E-state index is 12.6. The van der Waals surface area contributed by atoms with Crippen LogP contribution in [0.1, 0.15) is 48.3 Å². The van der Waals surface area contributed by atoms with Crippen LogP contribution in [0.3, 0.4) is 0 Å². The number of fused-ring (bicyclic) bond motifs is 2. The van der Waals surface area contributed by atoms with E-state index in [-0.39, 0.29) is 17.8 Å². The van der Waals surface area contributed by atoms with E-state index in [9.17, 15) is 23.1 Å². The van der Waals surface area contributed by atoms with Crippen molar-refractivity contribution in [3.63, 3.8) is 0 Å². The van der Waals surface area contributed by atoms with Crippen molar-refractivity contribution < 1.29 is 23.1 Å². The van der Waals surface area contributed by atoms with E-state index < -0.39 is 23.9 Å². The van der Waals surface area contributed by atoms with E-state index in [1.54, 1.807) is 4.90 Å². The number of aromatic nitrogens is 2. The minimum Gasteiger partial charge on any atom is -0.393 e. The largest absolute Gasteiger partial charge is 0.432 e. The molecule has 2 N–H and O–H groups in total. The van der Waals surface area contributed by atoms with Gasteiger partial charge in [0, 0.05) is 18.2 Å². The van der Waals surface area contributed by atoms with E-state index in [2.05, 4.69) is 5.10 Å². The number of aliphatic hydroxyl groups excluding tert-OH is 1. The average Bonchev–Trinajstić information content (AvgIpc) is 2.86. The SMILES string of the molecule is O=C(c1cc(C(F)(F)F)[nH]n1)N1[C@@H]2CCC[C@H]1CC(O)C2. The van der Waals surface area contributed by atoms with Crippen molar-refractivity contribution in [2.45, 2.75) is 56.5 Å². The second-order valence-corrected chi connectivity index (χ2v) is 5.74. The molecule has 21 heavy (non-hydrogen) atoms. The first kappa shape index (κ1) is 14.4. The molecule has 1 aromatic rings. The number of H-pyrrole nitrogens is 1. The van der Waals surface area contributed by atoms with Crippen LogP contribution in [-0.4, -0.2) is 44.3 Å². The molecule has 2 bridgehead atoms. The monoisotopic (exact) mass is 303 g/mol. The first-order valence-corrected chi connectivity index (χ1v) is 6.99. The maximum Gasteiger partial charge on any atom is 0.432 e. The summed E-state index contributed by atoms with van der Waals surface area (Å²) in [7, 11) is 0. The highest BCUT2D eigenvalue weighted by Crippen LogP contribution is 2.35. The Balaban J connectivity index is 1.83. The first-order chi connectivity index (χ1) is 9.86. The number of aliphatic hydroxyl groups is 1. The Morgan fingerprint density at radius 3 is 2.48 bits per heavy atom. The van der Waals surface area contributed by atoms with Gasteiger partial charge in [-0.05, 0) is 32.1 Å². The molecular weight excluding hydrogens is 287 g/mol. The van der Waals surface area contributed by atoms with E-state index >= 15 is 0 Å². The lowest BCUT2D eigenvalue weighted by atomic mass is 9.82. The predicted molar refractivity (Wildman–Crippen MR) is 66.4 cm³/mol. The number of aromatic amines is 1. The fraction of sp³-hybridized carbons (Fsp3) is 0.692. The Labute approximate surface area is 119 Å². The van der Waals surface area contributed by atoms with Crippen LogP contribution in [0, 0.1) is 0 Å². The van der Waals surface area contributed by atoms with Crippen LogP contribution < -0.4 is 0 Å². The fourth-order valence-electron chi connectivity index (χ4n) is 3.39. The molecule has 0 radical (unpaired) electrons. The van der Waals surface area contributed by atoms with Gasteiger partial charge in [0.1, 0.15) is 5.69 Å². The van der Waals surface area contributed by atoms with Gasteiger partial charge >= 0.3 is 6.18 Å². The third-order valence-corrected chi connectivity index (χ3v) is 4.29. The van der Waals surface area contributed by atoms with E-state index in [4.69, 9.17) is 0 Å². The zero-order valence-corrected chi connectivity index (χ0v) is 11.2. The third-order valence-electron chi connectivity index (χ3n) is 4.29. The highest BCUT2D eigenvalue weighted by Gasteiger charge is 2.42.